The van der Waals surface area contributed by atoms with Crippen LogP contribution in [0.1, 0.15) is 13.8 Å². The van der Waals surface area contributed by atoms with Crippen molar-refractivity contribution in [3.8, 4) is 5.75 Å². The lowest BCUT2D eigenvalue weighted by atomic mass is 10.4. The molecule has 0 amide bonds. The van der Waals surface area contributed by atoms with E-state index in [-0.39, 0.29) is 5.75 Å². The molecule has 0 saturated heterocycles. The Bertz CT molecular complexity index is 272. The van der Waals surface area contributed by atoms with Crippen LogP contribution in [-0.4, -0.2) is 18.4 Å². The van der Waals surface area contributed by atoms with Crippen molar-refractivity contribution in [1.82, 2.24) is 4.98 Å². The first-order valence-electron chi connectivity index (χ1n) is 4.41. The Labute approximate surface area is 86.3 Å². The molecular weight excluding hydrogens is 209 g/mol. The van der Waals surface area contributed by atoms with Gasteiger partial charge in [-0.05, 0) is 12.1 Å². The number of aromatic nitrogens is 1. The molecule has 86 valence electrons. The van der Waals surface area contributed by atoms with Crippen LogP contribution in [0, 0.1) is 0 Å². The van der Waals surface area contributed by atoms with Gasteiger partial charge in [0.1, 0.15) is 11.6 Å². The summed E-state index contributed by atoms with van der Waals surface area (Å²) in [7, 11) is 1.62. The summed E-state index contributed by atoms with van der Waals surface area (Å²) >= 11 is 0. The van der Waals surface area contributed by atoms with Crippen LogP contribution in [0.25, 0.3) is 0 Å². The molecule has 0 aliphatic carbocycles. The van der Waals surface area contributed by atoms with Crippen LogP contribution in [0.5, 0.6) is 5.75 Å². The van der Waals surface area contributed by atoms with E-state index in [0.717, 1.165) is 6.20 Å². The van der Waals surface area contributed by atoms with E-state index in [0.29, 0.717) is 5.82 Å². The highest BCUT2D eigenvalue weighted by Crippen LogP contribution is 2.22. The van der Waals surface area contributed by atoms with Crippen LogP contribution in [0.15, 0.2) is 18.3 Å². The van der Waals surface area contributed by atoms with Crippen molar-refractivity contribution in [2.75, 3.05) is 12.4 Å². The van der Waals surface area contributed by atoms with Crippen molar-refractivity contribution in [3.63, 3.8) is 0 Å². The maximum atomic E-state index is 11.7. The minimum absolute atomic E-state index is 0.327. The summed E-state index contributed by atoms with van der Waals surface area (Å²) in [4.78, 5) is 3.65. The molecule has 1 heterocycles. The summed E-state index contributed by atoms with van der Waals surface area (Å²) in [5, 5.41) is 2.67. The minimum Gasteiger partial charge on any atom is -0.404 e. The molecule has 15 heavy (non-hydrogen) atoms. The quantitative estimate of drug-likeness (QED) is 0.835. The number of nitrogens with one attached hydrogen (secondary N) is 1. The Morgan fingerprint density at radius 2 is 1.87 bits per heavy atom. The van der Waals surface area contributed by atoms with E-state index in [2.05, 4.69) is 15.0 Å². The molecule has 1 aromatic rings. The van der Waals surface area contributed by atoms with Gasteiger partial charge >= 0.3 is 6.36 Å². The zero-order chi connectivity index (χ0) is 11.9. The molecule has 6 heteroatoms. The fourth-order valence-electron chi connectivity index (χ4n) is 0.722. The second-order valence-electron chi connectivity index (χ2n) is 2.18. The van der Waals surface area contributed by atoms with Crippen LogP contribution in [0.4, 0.5) is 19.0 Å². The molecule has 0 spiro atoms. The second kappa shape index (κ2) is 6.10. The third-order valence-corrected chi connectivity index (χ3v) is 1.23. The van der Waals surface area contributed by atoms with Gasteiger partial charge in [-0.15, -0.1) is 13.2 Å². The SMILES string of the molecule is CC.CNc1ccc(OC(F)(F)F)cn1. The van der Waals surface area contributed by atoms with Gasteiger partial charge in [0.2, 0.25) is 0 Å². The van der Waals surface area contributed by atoms with E-state index in [4.69, 9.17) is 0 Å². The molecule has 0 unspecified atom stereocenters. The second-order valence-corrected chi connectivity index (χ2v) is 2.18. The number of anilines is 1. The zero-order valence-corrected chi connectivity index (χ0v) is 8.72. The number of nitrogens with zero attached hydrogens (tertiary/aromatic N) is 1. The summed E-state index contributed by atoms with van der Waals surface area (Å²) in [5.41, 5.74) is 0. The largest absolute Gasteiger partial charge is 0.573 e. The summed E-state index contributed by atoms with van der Waals surface area (Å²) < 4.78 is 38.6. The fraction of sp³-hybridized carbons (Fsp3) is 0.444. The molecule has 1 aromatic heterocycles. The van der Waals surface area contributed by atoms with Gasteiger partial charge < -0.3 is 10.1 Å². The zero-order valence-electron chi connectivity index (χ0n) is 8.72. The van der Waals surface area contributed by atoms with Crippen molar-refractivity contribution in [3.05, 3.63) is 18.3 Å². The Balaban J connectivity index is 0.000000921. The molecule has 1 N–H and O–H groups in total. The van der Waals surface area contributed by atoms with Gasteiger partial charge in [0.25, 0.3) is 0 Å². The summed E-state index contributed by atoms with van der Waals surface area (Å²) in [6.45, 7) is 4.00. The molecule has 0 saturated carbocycles. The third-order valence-electron chi connectivity index (χ3n) is 1.23. The first kappa shape index (κ1) is 13.5. The monoisotopic (exact) mass is 222 g/mol. The topological polar surface area (TPSA) is 34.1 Å². The van der Waals surface area contributed by atoms with Crippen LogP contribution in [0.3, 0.4) is 0 Å². The van der Waals surface area contributed by atoms with Crippen molar-refractivity contribution in [2.24, 2.45) is 0 Å². The average Bonchev–Trinajstić information content (AvgIpc) is 2.20. The molecule has 0 aliphatic heterocycles. The van der Waals surface area contributed by atoms with Gasteiger partial charge in [-0.2, -0.15) is 0 Å². The first-order valence-corrected chi connectivity index (χ1v) is 4.41. The number of halogens is 3. The van der Waals surface area contributed by atoms with Crippen molar-refractivity contribution >= 4 is 5.82 Å². The van der Waals surface area contributed by atoms with E-state index in [1.807, 2.05) is 13.8 Å². The number of hydrogen-bond acceptors (Lipinski definition) is 3. The standard InChI is InChI=1S/C7H7F3N2O.C2H6/c1-11-6-3-2-5(4-12-6)13-7(8,9)10;1-2/h2-4H,1H3,(H,11,12);1-2H3. The highest BCUT2D eigenvalue weighted by molar-refractivity contribution is 5.36. The maximum absolute atomic E-state index is 11.7. The molecule has 0 fully saturated rings. The van der Waals surface area contributed by atoms with E-state index < -0.39 is 6.36 Å². The molecule has 3 nitrogen and oxygen atoms in total. The Morgan fingerprint density at radius 3 is 2.20 bits per heavy atom. The van der Waals surface area contributed by atoms with Crippen molar-refractivity contribution < 1.29 is 17.9 Å². The van der Waals surface area contributed by atoms with Crippen LogP contribution in [-0.2, 0) is 0 Å². The van der Waals surface area contributed by atoms with E-state index >= 15 is 0 Å². The Hall–Kier alpha value is -1.46. The average molecular weight is 222 g/mol. The van der Waals surface area contributed by atoms with Gasteiger partial charge in [-0.25, -0.2) is 4.98 Å². The maximum Gasteiger partial charge on any atom is 0.573 e. The molecular formula is C9H13F3N2O. The molecule has 0 atom stereocenters. The third kappa shape index (κ3) is 5.77. The van der Waals surface area contributed by atoms with Crippen molar-refractivity contribution in [1.29, 1.82) is 0 Å². The summed E-state index contributed by atoms with van der Waals surface area (Å²) in [5.74, 6) is 0.154. The molecule has 0 bridgehead atoms. The predicted octanol–water partition coefficient (Wildman–Crippen LogP) is 3.05. The number of pyridine rings is 1. The van der Waals surface area contributed by atoms with E-state index in [1.54, 1.807) is 7.05 Å². The van der Waals surface area contributed by atoms with Gasteiger partial charge in [-0.1, -0.05) is 13.8 Å². The summed E-state index contributed by atoms with van der Waals surface area (Å²) in [6.07, 6.45) is -3.66. The van der Waals surface area contributed by atoms with Gasteiger partial charge in [0, 0.05) is 7.05 Å². The van der Waals surface area contributed by atoms with Crippen LogP contribution in [0.2, 0.25) is 0 Å². The lowest BCUT2D eigenvalue weighted by Crippen LogP contribution is -2.17. The van der Waals surface area contributed by atoms with Crippen molar-refractivity contribution in [2.45, 2.75) is 20.2 Å². The lowest BCUT2D eigenvalue weighted by Gasteiger charge is -2.08. The molecule has 0 radical (unpaired) electrons. The van der Waals surface area contributed by atoms with E-state index in [9.17, 15) is 13.2 Å². The summed E-state index contributed by atoms with van der Waals surface area (Å²) in [6, 6.07) is 2.58. The first-order chi connectivity index (χ1) is 7.01. The Morgan fingerprint density at radius 1 is 1.27 bits per heavy atom. The molecule has 0 aliphatic rings. The van der Waals surface area contributed by atoms with Crippen LogP contribution < -0.4 is 10.1 Å². The minimum atomic E-state index is -4.66. The number of ether oxygens (including phenoxy) is 1. The van der Waals surface area contributed by atoms with Gasteiger partial charge in [0.05, 0.1) is 6.20 Å². The highest BCUT2D eigenvalue weighted by atomic mass is 19.4. The Kier molecular flexibility index (Phi) is 5.51. The lowest BCUT2D eigenvalue weighted by molar-refractivity contribution is -0.274. The predicted molar refractivity (Wildman–Crippen MR) is 51.8 cm³/mol. The molecule has 0 aromatic carbocycles. The van der Waals surface area contributed by atoms with E-state index in [1.165, 1.54) is 12.1 Å². The smallest absolute Gasteiger partial charge is 0.404 e. The number of hydrogen-bond donors (Lipinski definition) is 1. The normalized spacial score (nSPS) is 10.0. The number of rotatable bonds is 2. The van der Waals surface area contributed by atoms with Gasteiger partial charge in [0.15, 0.2) is 0 Å². The molecule has 1 rings (SSSR count). The number of alkyl halides is 3. The fourth-order valence-corrected chi connectivity index (χ4v) is 0.722. The van der Waals surface area contributed by atoms with Crippen LogP contribution >= 0.6 is 0 Å². The van der Waals surface area contributed by atoms with Gasteiger partial charge in [-0.3, -0.25) is 0 Å². The highest BCUT2D eigenvalue weighted by Gasteiger charge is 2.31.